The first-order valence-corrected chi connectivity index (χ1v) is 8.14. The van der Waals surface area contributed by atoms with Gasteiger partial charge in [0.1, 0.15) is 5.82 Å². The summed E-state index contributed by atoms with van der Waals surface area (Å²) in [5.41, 5.74) is 1.93. The van der Waals surface area contributed by atoms with Crippen LogP contribution in [0.1, 0.15) is 24.5 Å². The highest BCUT2D eigenvalue weighted by atomic mass is 127. The number of hydrogen-bond acceptors (Lipinski definition) is 3. The lowest BCUT2D eigenvalue weighted by Gasteiger charge is -2.11. The minimum Gasteiger partial charge on any atom is -0.372 e. The minimum absolute atomic E-state index is 0.557. The summed E-state index contributed by atoms with van der Waals surface area (Å²) < 4.78 is 1.10. The molecular formula is C14H12Cl2IN3. The Morgan fingerprint density at radius 1 is 1.25 bits per heavy atom. The lowest BCUT2D eigenvalue weighted by Crippen LogP contribution is -2.04. The molecule has 0 bridgehead atoms. The van der Waals surface area contributed by atoms with Crippen molar-refractivity contribution in [3.63, 3.8) is 0 Å². The highest BCUT2D eigenvalue weighted by Crippen LogP contribution is 2.43. The van der Waals surface area contributed by atoms with Gasteiger partial charge in [0, 0.05) is 23.6 Å². The Labute approximate surface area is 141 Å². The Hall–Kier alpha value is -0.590. The van der Waals surface area contributed by atoms with E-state index in [1.807, 2.05) is 13.1 Å². The molecule has 0 amide bonds. The van der Waals surface area contributed by atoms with Crippen molar-refractivity contribution >= 4 is 51.6 Å². The SMILES string of the molecule is CNc1nc(-c2ccc(Cl)cc2Cl)nc(C2CC2)c1I. The van der Waals surface area contributed by atoms with Crippen LogP contribution in [-0.2, 0) is 0 Å². The Morgan fingerprint density at radius 2 is 2.00 bits per heavy atom. The van der Waals surface area contributed by atoms with Crippen molar-refractivity contribution in [2.45, 2.75) is 18.8 Å². The number of anilines is 1. The summed E-state index contributed by atoms with van der Waals surface area (Å²) in [7, 11) is 1.87. The van der Waals surface area contributed by atoms with E-state index in [1.54, 1.807) is 12.1 Å². The number of nitrogens with zero attached hydrogens (tertiary/aromatic N) is 2. The van der Waals surface area contributed by atoms with Crippen LogP contribution in [0.2, 0.25) is 10.0 Å². The average Bonchev–Trinajstić information content (AvgIpc) is 3.24. The van der Waals surface area contributed by atoms with E-state index >= 15 is 0 Å². The Bertz CT molecular complexity index is 672. The van der Waals surface area contributed by atoms with Gasteiger partial charge in [-0.2, -0.15) is 0 Å². The fraction of sp³-hybridized carbons (Fsp3) is 0.286. The second kappa shape index (κ2) is 5.66. The second-order valence-corrected chi connectivity index (χ2v) is 6.67. The van der Waals surface area contributed by atoms with E-state index in [2.05, 4.69) is 32.9 Å². The molecule has 1 aliphatic carbocycles. The van der Waals surface area contributed by atoms with Gasteiger partial charge in [0.05, 0.1) is 14.3 Å². The highest BCUT2D eigenvalue weighted by molar-refractivity contribution is 14.1. The first-order valence-electron chi connectivity index (χ1n) is 6.30. The summed E-state index contributed by atoms with van der Waals surface area (Å²) >= 11 is 14.5. The smallest absolute Gasteiger partial charge is 0.163 e. The summed E-state index contributed by atoms with van der Waals surface area (Å²) in [6, 6.07) is 5.39. The van der Waals surface area contributed by atoms with Gasteiger partial charge in [0.2, 0.25) is 0 Å². The number of benzene rings is 1. The predicted octanol–water partition coefficient (Wildman–Crippen LogP) is 4.97. The molecule has 1 saturated carbocycles. The molecule has 2 aromatic rings. The van der Waals surface area contributed by atoms with Gasteiger partial charge in [0.15, 0.2) is 5.82 Å². The van der Waals surface area contributed by atoms with Crippen molar-refractivity contribution in [2.75, 3.05) is 12.4 Å². The summed E-state index contributed by atoms with van der Waals surface area (Å²) in [6.07, 6.45) is 2.40. The Morgan fingerprint density at radius 3 is 2.60 bits per heavy atom. The fourth-order valence-electron chi connectivity index (χ4n) is 2.05. The maximum Gasteiger partial charge on any atom is 0.163 e. The Balaban J connectivity index is 2.15. The second-order valence-electron chi connectivity index (χ2n) is 4.74. The molecular weight excluding hydrogens is 408 g/mol. The lowest BCUT2D eigenvalue weighted by molar-refractivity contribution is 0.979. The topological polar surface area (TPSA) is 37.8 Å². The van der Waals surface area contributed by atoms with Gasteiger partial charge in [-0.05, 0) is 53.6 Å². The van der Waals surface area contributed by atoms with Crippen LogP contribution in [0.5, 0.6) is 0 Å². The molecule has 1 heterocycles. The van der Waals surface area contributed by atoms with E-state index in [-0.39, 0.29) is 0 Å². The number of halogens is 3. The molecule has 0 radical (unpaired) electrons. The molecule has 0 aliphatic heterocycles. The van der Waals surface area contributed by atoms with Gasteiger partial charge in [-0.1, -0.05) is 23.2 Å². The Kier molecular flexibility index (Phi) is 4.06. The summed E-state index contributed by atoms with van der Waals surface area (Å²) in [5, 5.41) is 4.31. The lowest BCUT2D eigenvalue weighted by atomic mass is 10.2. The zero-order valence-corrected chi connectivity index (χ0v) is 14.4. The van der Waals surface area contributed by atoms with Gasteiger partial charge in [-0.15, -0.1) is 0 Å². The van der Waals surface area contributed by atoms with E-state index in [4.69, 9.17) is 28.2 Å². The molecule has 0 atom stereocenters. The largest absolute Gasteiger partial charge is 0.372 e. The quantitative estimate of drug-likeness (QED) is 0.713. The highest BCUT2D eigenvalue weighted by Gasteiger charge is 2.29. The van der Waals surface area contributed by atoms with Crippen LogP contribution in [0.4, 0.5) is 5.82 Å². The molecule has 1 N–H and O–H groups in total. The van der Waals surface area contributed by atoms with Crippen molar-refractivity contribution in [2.24, 2.45) is 0 Å². The molecule has 6 heteroatoms. The van der Waals surface area contributed by atoms with Gasteiger partial charge >= 0.3 is 0 Å². The van der Waals surface area contributed by atoms with E-state index in [9.17, 15) is 0 Å². The minimum atomic E-state index is 0.557. The number of aromatic nitrogens is 2. The van der Waals surface area contributed by atoms with Crippen molar-refractivity contribution in [1.29, 1.82) is 0 Å². The zero-order chi connectivity index (χ0) is 14.3. The van der Waals surface area contributed by atoms with Gasteiger partial charge < -0.3 is 5.32 Å². The van der Waals surface area contributed by atoms with Crippen LogP contribution < -0.4 is 5.32 Å². The van der Waals surface area contributed by atoms with Crippen LogP contribution in [0.15, 0.2) is 18.2 Å². The van der Waals surface area contributed by atoms with Crippen molar-refractivity contribution in [3.8, 4) is 11.4 Å². The van der Waals surface area contributed by atoms with E-state index in [1.165, 1.54) is 12.8 Å². The average molecular weight is 420 g/mol. The van der Waals surface area contributed by atoms with Crippen molar-refractivity contribution in [1.82, 2.24) is 9.97 Å². The molecule has 1 fully saturated rings. The van der Waals surface area contributed by atoms with Gasteiger partial charge in [-0.25, -0.2) is 9.97 Å². The van der Waals surface area contributed by atoms with Gasteiger partial charge in [0.25, 0.3) is 0 Å². The number of nitrogens with one attached hydrogen (secondary N) is 1. The maximum absolute atomic E-state index is 6.26. The molecule has 3 rings (SSSR count). The van der Waals surface area contributed by atoms with Crippen molar-refractivity contribution < 1.29 is 0 Å². The molecule has 0 saturated heterocycles. The molecule has 0 spiro atoms. The number of hydrogen-bond donors (Lipinski definition) is 1. The van der Waals surface area contributed by atoms with E-state index in [0.717, 1.165) is 20.6 Å². The third kappa shape index (κ3) is 2.73. The first kappa shape index (κ1) is 14.4. The molecule has 1 aromatic heterocycles. The molecule has 104 valence electrons. The van der Waals surface area contributed by atoms with Crippen LogP contribution in [0.25, 0.3) is 11.4 Å². The molecule has 1 aromatic carbocycles. The van der Waals surface area contributed by atoms with E-state index < -0.39 is 0 Å². The summed E-state index contributed by atoms with van der Waals surface area (Å²) in [4.78, 5) is 9.28. The fourth-order valence-corrected chi connectivity index (χ4v) is 3.49. The van der Waals surface area contributed by atoms with Gasteiger partial charge in [-0.3, -0.25) is 0 Å². The standard InChI is InChI=1S/C14H12Cl2IN3/c1-18-14-11(17)12(7-2-3-7)19-13(20-14)9-5-4-8(15)6-10(9)16/h4-7H,2-3H2,1H3,(H,18,19,20). The molecule has 1 aliphatic rings. The molecule has 3 nitrogen and oxygen atoms in total. The zero-order valence-electron chi connectivity index (χ0n) is 10.8. The van der Waals surface area contributed by atoms with Crippen LogP contribution in [0.3, 0.4) is 0 Å². The first-order chi connectivity index (χ1) is 9.60. The molecule has 20 heavy (non-hydrogen) atoms. The predicted molar refractivity (Wildman–Crippen MR) is 91.7 cm³/mol. The van der Waals surface area contributed by atoms with Crippen LogP contribution in [-0.4, -0.2) is 17.0 Å². The normalized spacial score (nSPS) is 14.4. The number of rotatable bonds is 3. The van der Waals surface area contributed by atoms with E-state index in [0.29, 0.717) is 21.8 Å². The maximum atomic E-state index is 6.26. The third-order valence-electron chi connectivity index (χ3n) is 3.25. The monoisotopic (exact) mass is 419 g/mol. The summed E-state index contributed by atoms with van der Waals surface area (Å²) in [5.74, 6) is 2.06. The summed E-state index contributed by atoms with van der Waals surface area (Å²) in [6.45, 7) is 0. The van der Waals surface area contributed by atoms with Crippen molar-refractivity contribution in [3.05, 3.63) is 37.5 Å². The van der Waals surface area contributed by atoms with Crippen LogP contribution >= 0.6 is 45.8 Å². The van der Waals surface area contributed by atoms with Crippen LogP contribution in [0, 0.1) is 3.57 Å². The third-order valence-corrected chi connectivity index (χ3v) is 4.86. The molecule has 0 unspecified atom stereocenters.